The van der Waals surface area contributed by atoms with Crippen molar-refractivity contribution in [3.05, 3.63) is 34.9 Å². The van der Waals surface area contributed by atoms with Crippen molar-refractivity contribution in [3.63, 3.8) is 0 Å². The summed E-state index contributed by atoms with van der Waals surface area (Å²) < 4.78 is 4.96. The van der Waals surface area contributed by atoms with Crippen LogP contribution in [0.25, 0.3) is 0 Å². The molecule has 0 saturated carbocycles. The highest BCUT2D eigenvalue weighted by molar-refractivity contribution is 6.30. The summed E-state index contributed by atoms with van der Waals surface area (Å²) in [5.41, 5.74) is 1.15. The highest BCUT2D eigenvalue weighted by atomic mass is 35.5. The average Bonchev–Trinajstić information content (AvgIpc) is 2.36. The van der Waals surface area contributed by atoms with Crippen LogP contribution in [-0.4, -0.2) is 19.1 Å². The third-order valence-electron chi connectivity index (χ3n) is 2.79. The molecule has 1 aromatic carbocycles. The van der Waals surface area contributed by atoms with Crippen LogP contribution in [0.4, 0.5) is 0 Å². The van der Waals surface area contributed by atoms with E-state index in [1.165, 1.54) is 0 Å². The van der Waals surface area contributed by atoms with Crippen LogP contribution in [-0.2, 0) is 9.53 Å². The summed E-state index contributed by atoms with van der Waals surface area (Å²) in [4.78, 5) is 11.5. The second kappa shape index (κ2) is 7.39. The maximum absolute atomic E-state index is 11.5. The van der Waals surface area contributed by atoms with Crippen LogP contribution in [0.1, 0.15) is 32.4 Å². The lowest BCUT2D eigenvalue weighted by atomic mass is 10.1. The van der Waals surface area contributed by atoms with Crippen molar-refractivity contribution in [2.75, 3.05) is 13.2 Å². The number of rotatable bonds is 6. The highest BCUT2D eigenvalue weighted by Crippen LogP contribution is 2.16. The lowest BCUT2D eigenvalue weighted by Gasteiger charge is -2.17. The molecular weight excluding hydrogens is 250 g/mol. The summed E-state index contributed by atoms with van der Waals surface area (Å²) in [6.45, 7) is 6.76. The average molecular weight is 270 g/mol. The van der Waals surface area contributed by atoms with Gasteiger partial charge >= 0.3 is 5.97 Å². The molecule has 2 atom stereocenters. The Morgan fingerprint density at radius 2 is 1.94 bits per heavy atom. The van der Waals surface area contributed by atoms with Gasteiger partial charge in [-0.3, -0.25) is 4.79 Å². The topological polar surface area (TPSA) is 38.3 Å². The maximum atomic E-state index is 11.5. The molecule has 0 heterocycles. The van der Waals surface area contributed by atoms with Crippen LogP contribution in [0.5, 0.6) is 0 Å². The van der Waals surface area contributed by atoms with Gasteiger partial charge in [-0.2, -0.15) is 0 Å². The Balaban J connectivity index is 2.43. The summed E-state index contributed by atoms with van der Waals surface area (Å²) in [6.07, 6.45) is 0. The van der Waals surface area contributed by atoms with Gasteiger partial charge in [0.05, 0.1) is 12.5 Å². The van der Waals surface area contributed by atoms with Crippen molar-refractivity contribution in [3.8, 4) is 0 Å². The van der Waals surface area contributed by atoms with Crippen LogP contribution in [0, 0.1) is 5.92 Å². The van der Waals surface area contributed by atoms with Crippen LogP contribution < -0.4 is 5.32 Å². The molecule has 18 heavy (non-hydrogen) atoms. The molecule has 0 spiro atoms. The summed E-state index contributed by atoms with van der Waals surface area (Å²) in [7, 11) is 0. The van der Waals surface area contributed by atoms with Gasteiger partial charge < -0.3 is 10.1 Å². The van der Waals surface area contributed by atoms with Crippen molar-refractivity contribution in [2.24, 2.45) is 5.92 Å². The molecule has 1 aromatic rings. The van der Waals surface area contributed by atoms with E-state index in [0.717, 1.165) is 10.6 Å². The molecule has 0 fully saturated rings. The molecular formula is C14H20ClNO2. The molecule has 3 nitrogen and oxygen atoms in total. The number of carbonyl (C=O) groups is 1. The van der Waals surface area contributed by atoms with E-state index >= 15 is 0 Å². The van der Waals surface area contributed by atoms with Crippen LogP contribution in [0.15, 0.2) is 24.3 Å². The van der Waals surface area contributed by atoms with E-state index in [4.69, 9.17) is 16.3 Å². The molecule has 1 unspecified atom stereocenters. The van der Waals surface area contributed by atoms with Gasteiger partial charge in [-0.25, -0.2) is 0 Å². The minimum absolute atomic E-state index is 0.139. The first-order valence-electron chi connectivity index (χ1n) is 6.20. The summed E-state index contributed by atoms with van der Waals surface area (Å²) in [5.74, 6) is -0.298. The van der Waals surface area contributed by atoms with E-state index in [9.17, 15) is 4.79 Å². The highest BCUT2D eigenvalue weighted by Gasteiger charge is 2.15. The standard InChI is InChI=1S/C14H20ClNO2/c1-4-18-14(17)10(2)9-16-11(3)12-5-7-13(15)8-6-12/h5-8,10-11,16H,4,9H2,1-3H3/t10?,11-/m1/s1. The Kier molecular flexibility index (Phi) is 6.16. The fourth-order valence-corrected chi connectivity index (χ4v) is 1.72. The molecule has 0 aromatic heterocycles. The fourth-order valence-electron chi connectivity index (χ4n) is 1.59. The van der Waals surface area contributed by atoms with Crippen molar-refractivity contribution < 1.29 is 9.53 Å². The van der Waals surface area contributed by atoms with Gasteiger partial charge in [0.25, 0.3) is 0 Å². The quantitative estimate of drug-likeness (QED) is 0.806. The first-order chi connectivity index (χ1) is 8.54. The van der Waals surface area contributed by atoms with Crippen molar-refractivity contribution in [1.29, 1.82) is 0 Å². The van der Waals surface area contributed by atoms with Gasteiger partial charge in [0, 0.05) is 17.6 Å². The normalized spacial score (nSPS) is 14.0. The number of hydrogen-bond donors (Lipinski definition) is 1. The maximum Gasteiger partial charge on any atom is 0.309 e. The molecule has 0 radical (unpaired) electrons. The number of hydrogen-bond acceptors (Lipinski definition) is 3. The number of esters is 1. The van der Waals surface area contributed by atoms with E-state index in [1.54, 1.807) is 0 Å². The molecule has 0 bridgehead atoms. The largest absolute Gasteiger partial charge is 0.466 e. The Bertz CT molecular complexity index is 378. The van der Waals surface area contributed by atoms with Crippen LogP contribution in [0.3, 0.4) is 0 Å². The molecule has 4 heteroatoms. The first-order valence-corrected chi connectivity index (χ1v) is 6.57. The summed E-state index contributed by atoms with van der Waals surface area (Å²) >= 11 is 5.84. The smallest absolute Gasteiger partial charge is 0.309 e. The van der Waals surface area contributed by atoms with Gasteiger partial charge in [0.1, 0.15) is 0 Å². The molecule has 1 N–H and O–H groups in total. The third-order valence-corrected chi connectivity index (χ3v) is 3.04. The molecule has 0 aliphatic carbocycles. The second-order valence-electron chi connectivity index (χ2n) is 4.33. The third kappa shape index (κ3) is 4.67. The van der Waals surface area contributed by atoms with Gasteiger partial charge in [-0.15, -0.1) is 0 Å². The van der Waals surface area contributed by atoms with Gasteiger partial charge in [0.2, 0.25) is 0 Å². The lowest BCUT2D eigenvalue weighted by molar-refractivity contribution is -0.147. The van der Waals surface area contributed by atoms with E-state index in [2.05, 4.69) is 12.2 Å². The number of ether oxygens (including phenoxy) is 1. The number of benzene rings is 1. The van der Waals surface area contributed by atoms with Gasteiger partial charge in [0.15, 0.2) is 0 Å². The number of halogens is 1. The van der Waals surface area contributed by atoms with E-state index in [0.29, 0.717) is 13.2 Å². The molecule has 0 aliphatic rings. The van der Waals surface area contributed by atoms with Crippen LogP contribution >= 0.6 is 11.6 Å². The van der Waals surface area contributed by atoms with Gasteiger partial charge in [-0.05, 0) is 31.5 Å². The van der Waals surface area contributed by atoms with Crippen LogP contribution in [0.2, 0.25) is 5.02 Å². The molecule has 0 aliphatic heterocycles. The summed E-state index contributed by atoms with van der Waals surface area (Å²) in [5, 5.41) is 4.04. The zero-order chi connectivity index (χ0) is 13.5. The Hall–Kier alpha value is -1.06. The van der Waals surface area contributed by atoms with E-state index < -0.39 is 0 Å². The van der Waals surface area contributed by atoms with Crippen molar-refractivity contribution in [2.45, 2.75) is 26.8 Å². The molecule has 100 valence electrons. The Morgan fingerprint density at radius 1 is 1.33 bits per heavy atom. The number of nitrogens with one attached hydrogen (secondary N) is 1. The monoisotopic (exact) mass is 269 g/mol. The minimum Gasteiger partial charge on any atom is -0.466 e. The zero-order valence-electron chi connectivity index (χ0n) is 11.1. The van der Waals surface area contributed by atoms with E-state index in [1.807, 2.05) is 38.1 Å². The van der Waals surface area contributed by atoms with Crippen molar-refractivity contribution >= 4 is 17.6 Å². The number of carbonyl (C=O) groups excluding carboxylic acids is 1. The summed E-state index contributed by atoms with van der Waals surface area (Å²) in [6, 6.07) is 7.87. The first kappa shape index (κ1) is 15.0. The SMILES string of the molecule is CCOC(=O)C(C)CN[C@H](C)c1ccc(Cl)cc1. The molecule has 0 amide bonds. The Labute approximate surface area is 113 Å². The molecule has 0 saturated heterocycles. The predicted octanol–water partition coefficient (Wildman–Crippen LogP) is 3.19. The van der Waals surface area contributed by atoms with Crippen molar-refractivity contribution in [1.82, 2.24) is 5.32 Å². The minimum atomic E-state index is -0.159. The van der Waals surface area contributed by atoms with E-state index in [-0.39, 0.29) is 17.9 Å². The second-order valence-corrected chi connectivity index (χ2v) is 4.77. The Morgan fingerprint density at radius 3 is 2.50 bits per heavy atom. The van der Waals surface area contributed by atoms with Gasteiger partial charge in [-0.1, -0.05) is 30.7 Å². The zero-order valence-corrected chi connectivity index (χ0v) is 11.8. The lowest BCUT2D eigenvalue weighted by Crippen LogP contribution is -2.29. The molecule has 1 rings (SSSR count). The predicted molar refractivity (Wildman–Crippen MR) is 73.7 cm³/mol. The fraction of sp³-hybridized carbons (Fsp3) is 0.500.